The molecule has 2 amide bonds. The number of aromatic nitrogens is 1. The van der Waals surface area contributed by atoms with Crippen LogP contribution in [0, 0.1) is 5.92 Å². The van der Waals surface area contributed by atoms with Crippen molar-refractivity contribution in [3.05, 3.63) is 54.4 Å². The number of amides is 2. The van der Waals surface area contributed by atoms with Crippen LogP contribution in [0.25, 0.3) is 0 Å². The standard InChI is InChI=1S/C18H21N3O2/c1-3-13(4-2)17(22)20-15-7-9-16(10-8-15)21-18(23)14-6-5-11-19-12-14/h5-13H,3-4H2,1-2H3,(H,20,22)(H,21,23). The van der Waals surface area contributed by atoms with Crippen LogP contribution in [0.1, 0.15) is 37.0 Å². The van der Waals surface area contributed by atoms with Crippen molar-refractivity contribution in [1.29, 1.82) is 0 Å². The Balaban J connectivity index is 1.97. The average Bonchev–Trinajstić information content (AvgIpc) is 2.58. The molecule has 0 aliphatic heterocycles. The van der Waals surface area contributed by atoms with Crippen LogP contribution in [0.2, 0.25) is 0 Å². The fourth-order valence-corrected chi connectivity index (χ4v) is 2.24. The summed E-state index contributed by atoms with van der Waals surface area (Å²) in [5, 5.41) is 5.69. The van der Waals surface area contributed by atoms with Crippen LogP contribution in [0.5, 0.6) is 0 Å². The molecule has 0 aliphatic rings. The molecule has 0 saturated carbocycles. The van der Waals surface area contributed by atoms with Gasteiger partial charge in [-0.1, -0.05) is 13.8 Å². The Morgan fingerprint density at radius 3 is 2.13 bits per heavy atom. The fourth-order valence-electron chi connectivity index (χ4n) is 2.24. The molecule has 1 aromatic carbocycles. The minimum atomic E-state index is -0.216. The average molecular weight is 311 g/mol. The summed E-state index contributed by atoms with van der Waals surface area (Å²) in [6, 6.07) is 10.5. The predicted molar refractivity (Wildman–Crippen MR) is 91.3 cm³/mol. The summed E-state index contributed by atoms with van der Waals surface area (Å²) in [6.45, 7) is 4.01. The molecule has 0 aliphatic carbocycles. The van der Waals surface area contributed by atoms with Gasteiger partial charge in [0.2, 0.25) is 5.91 Å². The Hall–Kier alpha value is -2.69. The van der Waals surface area contributed by atoms with Crippen LogP contribution in [0.15, 0.2) is 48.8 Å². The summed E-state index contributed by atoms with van der Waals surface area (Å²) in [5.74, 6) is -0.158. The lowest BCUT2D eigenvalue weighted by Gasteiger charge is -2.13. The van der Waals surface area contributed by atoms with E-state index in [0.29, 0.717) is 11.3 Å². The Kier molecular flexibility index (Phi) is 5.86. The van der Waals surface area contributed by atoms with Gasteiger partial charge in [-0.3, -0.25) is 14.6 Å². The smallest absolute Gasteiger partial charge is 0.257 e. The molecule has 120 valence electrons. The molecule has 0 fully saturated rings. The molecule has 23 heavy (non-hydrogen) atoms. The number of pyridine rings is 1. The lowest BCUT2D eigenvalue weighted by atomic mass is 10.0. The number of rotatable bonds is 6. The molecule has 2 N–H and O–H groups in total. The summed E-state index contributed by atoms with van der Waals surface area (Å²) >= 11 is 0. The normalized spacial score (nSPS) is 10.4. The van der Waals surface area contributed by atoms with Crippen molar-refractivity contribution in [2.45, 2.75) is 26.7 Å². The van der Waals surface area contributed by atoms with Crippen LogP contribution in [0.4, 0.5) is 11.4 Å². The summed E-state index contributed by atoms with van der Waals surface area (Å²) in [6.07, 6.45) is 4.77. The van der Waals surface area contributed by atoms with E-state index >= 15 is 0 Å². The van der Waals surface area contributed by atoms with Crippen molar-refractivity contribution in [3.8, 4) is 0 Å². The molecular formula is C18H21N3O2. The number of hydrogen-bond donors (Lipinski definition) is 2. The highest BCUT2D eigenvalue weighted by atomic mass is 16.2. The zero-order chi connectivity index (χ0) is 16.7. The second-order valence-electron chi connectivity index (χ2n) is 5.28. The van der Waals surface area contributed by atoms with E-state index in [9.17, 15) is 9.59 Å². The minimum absolute atomic E-state index is 0.0277. The van der Waals surface area contributed by atoms with E-state index in [0.717, 1.165) is 18.5 Å². The zero-order valence-electron chi connectivity index (χ0n) is 13.4. The maximum Gasteiger partial charge on any atom is 0.257 e. The lowest BCUT2D eigenvalue weighted by Crippen LogP contribution is -2.21. The summed E-state index contributed by atoms with van der Waals surface area (Å²) in [7, 11) is 0. The van der Waals surface area contributed by atoms with Gasteiger partial charge in [-0.2, -0.15) is 0 Å². The Bertz CT molecular complexity index is 650. The summed E-state index contributed by atoms with van der Waals surface area (Å²) in [4.78, 5) is 28.0. The number of nitrogens with zero attached hydrogens (tertiary/aromatic N) is 1. The number of anilines is 2. The first kappa shape index (κ1) is 16.7. The molecule has 5 nitrogen and oxygen atoms in total. The largest absolute Gasteiger partial charge is 0.326 e. The second kappa shape index (κ2) is 8.08. The van der Waals surface area contributed by atoms with Gasteiger partial charge in [-0.15, -0.1) is 0 Å². The molecule has 0 unspecified atom stereocenters. The van der Waals surface area contributed by atoms with Crippen molar-refractivity contribution in [2.24, 2.45) is 5.92 Å². The first-order valence-corrected chi connectivity index (χ1v) is 7.76. The Labute approximate surface area is 136 Å². The molecule has 1 heterocycles. The van der Waals surface area contributed by atoms with E-state index in [4.69, 9.17) is 0 Å². The van der Waals surface area contributed by atoms with Gasteiger partial charge >= 0.3 is 0 Å². The molecule has 0 bridgehead atoms. The van der Waals surface area contributed by atoms with Gasteiger partial charge in [0.25, 0.3) is 5.91 Å². The van der Waals surface area contributed by atoms with Crippen LogP contribution < -0.4 is 10.6 Å². The summed E-state index contributed by atoms with van der Waals surface area (Å²) < 4.78 is 0. The molecule has 0 atom stereocenters. The minimum Gasteiger partial charge on any atom is -0.326 e. The number of carbonyl (C=O) groups is 2. The molecule has 0 radical (unpaired) electrons. The van der Waals surface area contributed by atoms with Crippen molar-refractivity contribution < 1.29 is 9.59 Å². The van der Waals surface area contributed by atoms with Crippen LogP contribution in [-0.4, -0.2) is 16.8 Å². The van der Waals surface area contributed by atoms with Gasteiger partial charge in [0.1, 0.15) is 0 Å². The fraction of sp³-hybridized carbons (Fsp3) is 0.278. The number of benzene rings is 1. The van der Waals surface area contributed by atoms with Crippen molar-refractivity contribution in [1.82, 2.24) is 4.98 Å². The first-order valence-electron chi connectivity index (χ1n) is 7.76. The van der Waals surface area contributed by atoms with E-state index in [-0.39, 0.29) is 17.7 Å². The number of hydrogen-bond acceptors (Lipinski definition) is 3. The number of carbonyl (C=O) groups excluding carboxylic acids is 2. The van der Waals surface area contributed by atoms with Crippen molar-refractivity contribution in [2.75, 3.05) is 10.6 Å². The van der Waals surface area contributed by atoms with Gasteiger partial charge in [0, 0.05) is 29.7 Å². The van der Waals surface area contributed by atoms with E-state index < -0.39 is 0 Å². The highest BCUT2D eigenvalue weighted by Gasteiger charge is 2.14. The predicted octanol–water partition coefficient (Wildman–Crippen LogP) is 3.71. The van der Waals surface area contributed by atoms with Gasteiger partial charge in [0.05, 0.1) is 5.56 Å². The van der Waals surface area contributed by atoms with Crippen molar-refractivity contribution >= 4 is 23.2 Å². The van der Waals surface area contributed by atoms with Gasteiger partial charge < -0.3 is 10.6 Å². The highest BCUT2D eigenvalue weighted by Crippen LogP contribution is 2.17. The highest BCUT2D eigenvalue weighted by molar-refractivity contribution is 6.04. The van der Waals surface area contributed by atoms with Crippen LogP contribution in [-0.2, 0) is 4.79 Å². The topological polar surface area (TPSA) is 71.1 Å². The third kappa shape index (κ3) is 4.64. The molecule has 0 saturated heterocycles. The van der Waals surface area contributed by atoms with Gasteiger partial charge in [0.15, 0.2) is 0 Å². The van der Waals surface area contributed by atoms with Crippen LogP contribution in [0.3, 0.4) is 0 Å². The molecule has 2 rings (SSSR count). The lowest BCUT2D eigenvalue weighted by molar-refractivity contribution is -0.120. The van der Waals surface area contributed by atoms with E-state index in [2.05, 4.69) is 15.6 Å². The van der Waals surface area contributed by atoms with E-state index in [1.54, 1.807) is 42.6 Å². The number of nitrogens with one attached hydrogen (secondary N) is 2. The molecular weight excluding hydrogens is 290 g/mol. The third-order valence-electron chi connectivity index (χ3n) is 3.69. The first-order chi connectivity index (χ1) is 11.1. The Morgan fingerprint density at radius 1 is 1.00 bits per heavy atom. The molecule has 0 spiro atoms. The maximum absolute atomic E-state index is 12.0. The molecule has 1 aromatic heterocycles. The van der Waals surface area contributed by atoms with E-state index in [1.165, 1.54) is 6.20 Å². The third-order valence-corrected chi connectivity index (χ3v) is 3.69. The monoisotopic (exact) mass is 311 g/mol. The van der Waals surface area contributed by atoms with Crippen molar-refractivity contribution in [3.63, 3.8) is 0 Å². The molecule has 2 aromatic rings. The maximum atomic E-state index is 12.0. The molecule has 5 heteroatoms. The second-order valence-corrected chi connectivity index (χ2v) is 5.28. The zero-order valence-corrected chi connectivity index (χ0v) is 13.4. The van der Waals surface area contributed by atoms with E-state index in [1.807, 2.05) is 13.8 Å². The van der Waals surface area contributed by atoms with Gasteiger partial charge in [-0.05, 0) is 49.2 Å². The van der Waals surface area contributed by atoms with Gasteiger partial charge in [-0.25, -0.2) is 0 Å². The quantitative estimate of drug-likeness (QED) is 0.854. The van der Waals surface area contributed by atoms with Crippen LogP contribution >= 0.6 is 0 Å². The summed E-state index contributed by atoms with van der Waals surface area (Å²) in [5.41, 5.74) is 1.89. The SMILES string of the molecule is CCC(CC)C(=O)Nc1ccc(NC(=O)c2cccnc2)cc1. The Morgan fingerprint density at radius 2 is 1.61 bits per heavy atom.